The molecule has 3 amide bonds. The molecule has 10 nitrogen and oxygen atoms in total. The number of nitrogens with one attached hydrogen (secondary N) is 3. The second kappa shape index (κ2) is 15.3. The number of carbonyl (C=O) groups excluding carboxylic acids is 3. The van der Waals surface area contributed by atoms with Gasteiger partial charge in [-0.3, -0.25) is 14.4 Å². The monoisotopic (exact) mass is 496 g/mol. The number of amides is 3. The molecule has 0 aromatic heterocycles. The van der Waals surface area contributed by atoms with E-state index in [2.05, 4.69) is 16.0 Å². The minimum absolute atomic E-state index is 0.00647. The highest BCUT2D eigenvalue weighted by Crippen LogP contribution is 2.08. The third-order valence-corrected chi connectivity index (χ3v) is 5.66. The lowest BCUT2D eigenvalue weighted by molar-refractivity contribution is -0.142. The maximum Gasteiger partial charge on any atom is 0.326 e. The number of nitrogens with two attached hydrogens (primary N) is 1. The fraction of sp³-hybridized carbons (Fsp3) is 0.565. The van der Waals surface area contributed by atoms with E-state index in [0.29, 0.717) is 5.75 Å². The molecule has 1 rings (SSSR count). The quantitative estimate of drug-likeness (QED) is 0.195. The number of benzene rings is 1. The Morgan fingerprint density at radius 2 is 1.50 bits per heavy atom. The first kappa shape index (κ1) is 29.4. The van der Waals surface area contributed by atoms with Crippen LogP contribution in [0, 0.1) is 5.92 Å². The van der Waals surface area contributed by atoms with Crippen molar-refractivity contribution >= 4 is 35.5 Å². The number of rotatable bonds is 15. The smallest absolute Gasteiger partial charge is 0.326 e. The van der Waals surface area contributed by atoms with E-state index < -0.39 is 54.5 Å². The second-order valence-corrected chi connectivity index (χ2v) is 9.40. The molecule has 0 bridgehead atoms. The van der Waals surface area contributed by atoms with Gasteiger partial charge in [0.1, 0.15) is 18.1 Å². The van der Waals surface area contributed by atoms with E-state index in [1.165, 1.54) is 11.8 Å². The van der Waals surface area contributed by atoms with E-state index in [1.54, 1.807) is 0 Å². The van der Waals surface area contributed by atoms with Crippen LogP contribution in [0.2, 0.25) is 0 Å². The number of carboxylic acids is 1. The summed E-state index contributed by atoms with van der Waals surface area (Å²) in [4.78, 5) is 49.5. The first-order valence-corrected chi connectivity index (χ1v) is 12.5. The zero-order valence-corrected chi connectivity index (χ0v) is 20.6. The summed E-state index contributed by atoms with van der Waals surface area (Å²) in [6, 6.07) is 4.75. The molecule has 0 fully saturated rings. The molecule has 34 heavy (non-hydrogen) atoms. The van der Waals surface area contributed by atoms with Gasteiger partial charge in [-0.15, -0.1) is 0 Å². The van der Waals surface area contributed by atoms with Gasteiger partial charge >= 0.3 is 5.97 Å². The summed E-state index contributed by atoms with van der Waals surface area (Å²) in [6.45, 7) is 3.00. The summed E-state index contributed by atoms with van der Waals surface area (Å²) in [5.74, 6) is -2.64. The molecule has 11 heteroatoms. The van der Waals surface area contributed by atoms with Crippen LogP contribution in [0.5, 0.6) is 0 Å². The SMILES string of the molecule is CSCCC(NC(=O)C(CC(C)C)NC(=O)C(CO)NC(=O)C(N)Cc1ccccc1)C(=O)O. The predicted octanol–water partition coefficient (Wildman–Crippen LogP) is -0.113. The molecule has 0 spiro atoms. The second-order valence-electron chi connectivity index (χ2n) is 8.41. The lowest BCUT2D eigenvalue weighted by atomic mass is 10.0. The van der Waals surface area contributed by atoms with Crippen LogP contribution in [0.1, 0.15) is 32.3 Å². The minimum Gasteiger partial charge on any atom is -0.480 e. The number of aliphatic hydroxyl groups is 1. The van der Waals surface area contributed by atoms with Gasteiger partial charge in [-0.05, 0) is 42.8 Å². The van der Waals surface area contributed by atoms with E-state index in [0.717, 1.165) is 5.56 Å². The maximum absolute atomic E-state index is 12.8. The van der Waals surface area contributed by atoms with Crippen molar-refractivity contribution in [2.45, 2.75) is 57.3 Å². The number of hydrogen-bond donors (Lipinski definition) is 6. The first-order valence-electron chi connectivity index (χ1n) is 11.1. The molecule has 4 atom stereocenters. The van der Waals surface area contributed by atoms with Crippen LogP contribution < -0.4 is 21.7 Å². The summed E-state index contributed by atoms with van der Waals surface area (Å²) >= 11 is 1.46. The Balaban J connectivity index is 2.81. The maximum atomic E-state index is 12.8. The van der Waals surface area contributed by atoms with Crippen LogP contribution >= 0.6 is 11.8 Å². The number of aliphatic carboxylic acids is 1. The molecule has 0 aliphatic rings. The van der Waals surface area contributed by atoms with Gasteiger partial charge in [0.2, 0.25) is 17.7 Å². The molecule has 190 valence electrons. The zero-order chi connectivity index (χ0) is 25.7. The fourth-order valence-corrected chi connectivity index (χ4v) is 3.65. The Morgan fingerprint density at radius 3 is 2.03 bits per heavy atom. The van der Waals surface area contributed by atoms with Crippen LogP contribution in [0.3, 0.4) is 0 Å². The molecule has 0 aliphatic heterocycles. The summed E-state index contributed by atoms with van der Waals surface area (Å²) in [5.41, 5.74) is 6.79. The first-order chi connectivity index (χ1) is 16.1. The predicted molar refractivity (Wildman–Crippen MR) is 131 cm³/mol. The Kier molecular flexibility index (Phi) is 13.2. The molecule has 7 N–H and O–H groups in total. The van der Waals surface area contributed by atoms with Crippen LogP contribution in [0.4, 0.5) is 0 Å². The highest BCUT2D eigenvalue weighted by molar-refractivity contribution is 7.98. The van der Waals surface area contributed by atoms with Gasteiger partial charge in [0.15, 0.2) is 0 Å². The largest absolute Gasteiger partial charge is 0.480 e. The molecule has 0 aliphatic carbocycles. The number of hydrogen-bond acceptors (Lipinski definition) is 7. The van der Waals surface area contributed by atoms with Gasteiger partial charge in [0.25, 0.3) is 0 Å². The number of thioether (sulfide) groups is 1. The Labute approximate surface area is 204 Å². The van der Waals surface area contributed by atoms with Crippen molar-refractivity contribution < 1.29 is 29.4 Å². The van der Waals surface area contributed by atoms with Crippen LogP contribution in [0.15, 0.2) is 30.3 Å². The van der Waals surface area contributed by atoms with Crippen molar-refractivity contribution in [2.75, 3.05) is 18.6 Å². The van der Waals surface area contributed by atoms with Gasteiger partial charge in [0, 0.05) is 0 Å². The Bertz CT molecular complexity index is 808. The molecule has 0 radical (unpaired) electrons. The van der Waals surface area contributed by atoms with Crippen LogP contribution in [0.25, 0.3) is 0 Å². The molecular weight excluding hydrogens is 460 g/mol. The van der Waals surface area contributed by atoms with Crippen LogP contribution in [-0.2, 0) is 25.6 Å². The summed E-state index contributed by atoms with van der Waals surface area (Å²) in [6.07, 6.45) is 2.56. The van der Waals surface area contributed by atoms with Gasteiger partial charge in [-0.1, -0.05) is 44.2 Å². The van der Waals surface area contributed by atoms with E-state index in [4.69, 9.17) is 5.73 Å². The lowest BCUT2D eigenvalue weighted by Crippen LogP contribution is -2.58. The summed E-state index contributed by atoms with van der Waals surface area (Å²) in [7, 11) is 0. The zero-order valence-electron chi connectivity index (χ0n) is 19.8. The van der Waals surface area contributed by atoms with Crippen molar-refractivity contribution in [3.05, 3.63) is 35.9 Å². The third-order valence-electron chi connectivity index (χ3n) is 5.02. The minimum atomic E-state index is -1.32. The van der Waals surface area contributed by atoms with Gasteiger partial charge in [-0.25, -0.2) is 4.79 Å². The summed E-state index contributed by atoms with van der Waals surface area (Å²) < 4.78 is 0. The molecule has 4 unspecified atom stereocenters. The van der Waals surface area contributed by atoms with Crippen molar-refractivity contribution in [3.8, 4) is 0 Å². The lowest BCUT2D eigenvalue weighted by Gasteiger charge is -2.25. The molecule has 0 saturated heterocycles. The molecule has 0 saturated carbocycles. The highest BCUT2D eigenvalue weighted by atomic mass is 32.2. The standard InChI is InChI=1S/C23H36N4O6S/c1-14(2)11-18(21(30)25-17(23(32)33)9-10-34-3)26-22(31)19(13-28)27-20(29)16(24)12-15-7-5-4-6-8-15/h4-8,14,16-19,28H,9-13,24H2,1-3H3,(H,25,30)(H,26,31)(H,27,29)(H,32,33). The number of carboxylic acid groups (broad SMARTS) is 1. The number of aliphatic hydroxyl groups excluding tert-OH is 1. The molecule has 0 heterocycles. The van der Waals surface area contributed by atoms with Gasteiger partial charge in [-0.2, -0.15) is 11.8 Å². The average molecular weight is 497 g/mol. The Hall–Kier alpha value is -2.63. The Morgan fingerprint density at radius 1 is 0.941 bits per heavy atom. The molecule has 1 aromatic carbocycles. The van der Waals surface area contributed by atoms with E-state index >= 15 is 0 Å². The normalized spacial score (nSPS) is 14.5. The molecule has 1 aromatic rings. The molecular formula is C23H36N4O6S. The van der Waals surface area contributed by atoms with Crippen molar-refractivity contribution in [2.24, 2.45) is 11.7 Å². The van der Waals surface area contributed by atoms with Crippen molar-refractivity contribution in [1.29, 1.82) is 0 Å². The van der Waals surface area contributed by atoms with Crippen LogP contribution in [-0.4, -0.2) is 76.7 Å². The van der Waals surface area contributed by atoms with E-state index in [9.17, 15) is 29.4 Å². The summed E-state index contributed by atoms with van der Waals surface area (Å²) in [5, 5.41) is 26.5. The fourth-order valence-electron chi connectivity index (χ4n) is 3.17. The average Bonchev–Trinajstić information content (AvgIpc) is 2.79. The highest BCUT2D eigenvalue weighted by Gasteiger charge is 2.30. The topological polar surface area (TPSA) is 171 Å². The van der Waals surface area contributed by atoms with E-state index in [-0.39, 0.29) is 25.2 Å². The third kappa shape index (κ3) is 10.5. The van der Waals surface area contributed by atoms with Gasteiger partial charge in [0.05, 0.1) is 12.6 Å². The van der Waals surface area contributed by atoms with Gasteiger partial charge < -0.3 is 31.9 Å². The van der Waals surface area contributed by atoms with E-state index in [1.807, 2.05) is 50.4 Å². The number of carbonyl (C=O) groups is 4. The van der Waals surface area contributed by atoms with Crippen molar-refractivity contribution in [3.63, 3.8) is 0 Å². The van der Waals surface area contributed by atoms with Crippen molar-refractivity contribution in [1.82, 2.24) is 16.0 Å².